The van der Waals surface area contributed by atoms with Gasteiger partial charge in [0.1, 0.15) is 11.5 Å². The number of piperidine rings is 1. The summed E-state index contributed by atoms with van der Waals surface area (Å²) >= 11 is 0. The van der Waals surface area contributed by atoms with E-state index in [0.717, 1.165) is 18.5 Å². The lowest BCUT2D eigenvalue weighted by molar-refractivity contribution is -0.384. The highest BCUT2D eigenvalue weighted by atomic mass is 19.1. The Morgan fingerprint density at radius 2 is 2.07 bits per heavy atom. The molecule has 3 aromatic rings. The highest BCUT2D eigenvalue weighted by molar-refractivity contribution is 5.94. The lowest BCUT2D eigenvalue weighted by Gasteiger charge is -2.32. The molecule has 8 nitrogen and oxygen atoms in total. The van der Waals surface area contributed by atoms with Crippen LogP contribution in [0.5, 0.6) is 0 Å². The van der Waals surface area contributed by atoms with Gasteiger partial charge in [-0.1, -0.05) is 0 Å². The van der Waals surface area contributed by atoms with Crippen LogP contribution < -0.4 is 0 Å². The maximum atomic E-state index is 13.1. The Balaban J connectivity index is 1.49. The summed E-state index contributed by atoms with van der Waals surface area (Å²) in [4.78, 5) is 27.7. The molecule has 3 heterocycles. The Kier molecular flexibility index (Phi) is 4.64. The van der Waals surface area contributed by atoms with Gasteiger partial charge in [0, 0.05) is 36.3 Å². The van der Waals surface area contributed by atoms with Crippen LogP contribution in [0.2, 0.25) is 0 Å². The highest BCUT2D eigenvalue weighted by Gasteiger charge is 2.27. The van der Waals surface area contributed by atoms with E-state index >= 15 is 0 Å². The van der Waals surface area contributed by atoms with Gasteiger partial charge in [-0.2, -0.15) is 5.10 Å². The van der Waals surface area contributed by atoms with Crippen molar-refractivity contribution < 1.29 is 14.1 Å². The topological polar surface area (TPSA) is 108 Å². The summed E-state index contributed by atoms with van der Waals surface area (Å²) in [5.41, 5.74) is 2.47. The number of amides is 1. The Morgan fingerprint density at radius 1 is 1.29 bits per heavy atom. The number of aromatic nitrogens is 3. The Labute approximate surface area is 159 Å². The largest absolute Gasteiger partial charge is 0.354 e. The van der Waals surface area contributed by atoms with Crippen molar-refractivity contribution in [2.45, 2.75) is 18.8 Å². The molecular formula is C19H18FN5O3. The van der Waals surface area contributed by atoms with E-state index in [4.69, 9.17) is 0 Å². The molecule has 1 aromatic carbocycles. The van der Waals surface area contributed by atoms with E-state index in [1.165, 1.54) is 36.5 Å². The van der Waals surface area contributed by atoms with E-state index in [2.05, 4.69) is 15.2 Å². The second-order valence-electron chi connectivity index (χ2n) is 6.83. The summed E-state index contributed by atoms with van der Waals surface area (Å²) < 4.78 is 13.1. The molecule has 1 saturated heterocycles. The third-order valence-corrected chi connectivity index (χ3v) is 4.99. The SMILES string of the molecule is O=C(c1ccc(F)cc1)N1CCC[C@H](c2cc(-c3cc([N+](=O)[O-])c[nH]3)n[nH]2)C1. The Morgan fingerprint density at radius 3 is 2.79 bits per heavy atom. The van der Waals surface area contributed by atoms with Crippen molar-refractivity contribution in [2.24, 2.45) is 0 Å². The molecule has 0 saturated carbocycles. The number of nitrogens with one attached hydrogen (secondary N) is 2. The maximum absolute atomic E-state index is 13.1. The van der Waals surface area contributed by atoms with Gasteiger partial charge in [-0.05, 0) is 43.2 Å². The average molecular weight is 383 g/mol. The lowest BCUT2D eigenvalue weighted by atomic mass is 9.94. The van der Waals surface area contributed by atoms with Gasteiger partial charge in [0.15, 0.2) is 0 Å². The summed E-state index contributed by atoms with van der Waals surface area (Å²) in [6.07, 6.45) is 3.08. The van der Waals surface area contributed by atoms with Crippen molar-refractivity contribution >= 4 is 11.6 Å². The number of H-pyrrole nitrogens is 2. The van der Waals surface area contributed by atoms with Gasteiger partial charge in [0.25, 0.3) is 11.6 Å². The molecule has 1 fully saturated rings. The molecule has 1 atom stereocenters. The van der Waals surface area contributed by atoms with Crippen molar-refractivity contribution in [3.05, 3.63) is 69.8 Å². The van der Waals surface area contributed by atoms with Crippen LogP contribution in [-0.2, 0) is 0 Å². The summed E-state index contributed by atoms with van der Waals surface area (Å²) in [7, 11) is 0. The molecule has 1 aliphatic heterocycles. The first-order chi connectivity index (χ1) is 13.5. The fourth-order valence-corrected chi connectivity index (χ4v) is 3.51. The van der Waals surface area contributed by atoms with Crippen LogP contribution in [-0.4, -0.2) is 44.0 Å². The summed E-state index contributed by atoms with van der Waals surface area (Å²) in [6, 6.07) is 8.84. The van der Waals surface area contributed by atoms with Crippen molar-refractivity contribution in [1.82, 2.24) is 20.1 Å². The molecule has 0 radical (unpaired) electrons. The first kappa shape index (κ1) is 17.9. The molecule has 2 aromatic heterocycles. The summed E-state index contributed by atoms with van der Waals surface area (Å²) in [6.45, 7) is 1.18. The zero-order chi connectivity index (χ0) is 19.7. The zero-order valence-corrected chi connectivity index (χ0v) is 14.9. The molecule has 0 aliphatic carbocycles. The van der Waals surface area contributed by atoms with Gasteiger partial charge in [0.05, 0.1) is 16.8 Å². The summed E-state index contributed by atoms with van der Waals surface area (Å²) in [5, 5.41) is 18.1. The average Bonchev–Trinajstić information content (AvgIpc) is 3.38. The Hall–Kier alpha value is -3.49. The van der Waals surface area contributed by atoms with Gasteiger partial charge in [0.2, 0.25) is 0 Å². The van der Waals surface area contributed by atoms with Crippen molar-refractivity contribution in [3.63, 3.8) is 0 Å². The predicted octanol–water partition coefficient (Wildman–Crippen LogP) is 3.47. The number of hydrogen-bond donors (Lipinski definition) is 2. The van der Waals surface area contributed by atoms with E-state index in [9.17, 15) is 19.3 Å². The molecular weight excluding hydrogens is 365 g/mol. The normalized spacial score (nSPS) is 16.9. The van der Waals surface area contributed by atoms with E-state index in [0.29, 0.717) is 30.0 Å². The van der Waals surface area contributed by atoms with Gasteiger partial charge in [-0.15, -0.1) is 0 Å². The van der Waals surface area contributed by atoms with Crippen molar-refractivity contribution in [2.75, 3.05) is 13.1 Å². The number of hydrogen-bond acceptors (Lipinski definition) is 4. The van der Waals surface area contributed by atoms with E-state index in [1.54, 1.807) is 4.90 Å². The number of aromatic amines is 2. The monoisotopic (exact) mass is 383 g/mol. The number of nitrogens with zero attached hydrogens (tertiary/aromatic N) is 3. The molecule has 144 valence electrons. The third-order valence-electron chi connectivity index (χ3n) is 4.99. The van der Waals surface area contributed by atoms with Crippen LogP contribution in [0.3, 0.4) is 0 Å². The van der Waals surface area contributed by atoms with Crippen LogP contribution in [0.15, 0.2) is 42.6 Å². The number of carbonyl (C=O) groups excluding carboxylic acids is 1. The quantitative estimate of drug-likeness (QED) is 0.531. The third kappa shape index (κ3) is 3.51. The molecule has 9 heteroatoms. The lowest BCUT2D eigenvalue weighted by Crippen LogP contribution is -2.39. The van der Waals surface area contributed by atoms with Crippen LogP contribution in [0.1, 0.15) is 34.8 Å². The highest BCUT2D eigenvalue weighted by Crippen LogP contribution is 2.29. The molecule has 28 heavy (non-hydrogen) atoms. The first-order valence-corrected chi connectivity index (χ1v) is 8.94. The number of halogens is 1. The number of rotatable bonds is 4. The molecule has 0 spiro atoms. The minimum atomic E-state index is -0.465. The van der Waals surface area contributed by atoms with E-state index in [1.807, 2.05) is 6.07 Å². The number of benzene rings is 1. The molecule has 2 N–H and O–H groups in total. The molecule has 1 aliphatic rings. The second kappa shape index (κ2) is 7.26. The minimum absolute atomic E-state index is 0.0201. The fourth-order valence-electron chi connectivity index (χ4n) is 3.51. The van der Waals surface area contributed by atoms with Crippen LogP contribution >= 0.6 is 0 Å². The van der Waals surface area contributed by atoms with E-state index in [-0.39, 0.29) is 23.3 Å². The fraction of sp³-hybridized carbons (Fsp3) is 0.263. The van der Waals surface area contributed by atoms with Crippen molar-refractivity contribution in [1.29, 1.82) is 0 Å². The van der Waals surface area contributed by atoms with Gasteiger partial charge in [-0.25, -0.2) is 4.39 Å². The molecule has 0 bridgehead atoms. The van der Waals surface area contributed by atoms with Crippen LogP contribution in [0.25, 0.3) is 11.4 Å². The number of carbonyl (C=O) groups is 1. The zero-order valence-electron chi connectivity index (χ0n) is 14.9. The summed E-state index contributed by atoms with van der Waals surface area (Å²) in [5.74, 6) is -0.406. The molecule has 1 amide bonds. The first-order valence-electron chi connectivity index (χ1n) is 8.94. The van der Waals surface area contributed by atoms with E-state index < -0.39 is 4.92 Å². The van der Waals surface area contributed by atoms with Gasteiger partial charge >= 0.3 is 0 Å². The molecule has 0 unspecified atom stereocenters. The van der Waals surface area contributed by atoms with Crippen molar-refractivity contribution in [3.8, 4) is 11.4 Å². The Bertz CT molecular complexity index is 1010. The standard InChI is InChI=1S/C19H18FN5O3/c20-14-5-3-12(4-6-14)19(26)24-7-1-2-13(11-24)16-9-18(23-22-16)17-8-15(10-21-17)25(27)28/h3-6,8-10,13,21H,1-2,7,11H2,(H,22,23)/t13-/m0/s1. The second-order valence-corrected chi connectivity index (χ2v) is 6.83. The maximum Gasteiger partial charge on any atom is 0.287 e. The minimum Gasteiger partial charge on any atom is -0.354 e. The number of nitro groups is 1. The van der Waals surface area contributed by atoms with Crippen LogP contribution in [0.4, 0.5) is 10.1 Å². The predicted molar refractivity (Wildman–Crippen MR) is 99.3 cm³/mol. The smallest absolute Gasteiger partial charge is 0.287 e. The van der Waals surface area contributed by atoms with Gasteiger partial charge in [-0.3, -0.25) is 20.0 Å². The van der Waals surface area contributed by atoms with Crippen LogP contribution in [0, 0.1) is 15.9 Å². The number of likely N-dealkylation sites (tertiary alicyclic amines) is 1. The molecule has 4 rings (SSSR count). The van der Waals surface area contributed by atoms with Gasteiger partial charge < -0.3 is 9.88 Å².